The molecule has 3 N–H and O–H groups in total. The van der Waals surface area contributed by atoms with Gasteiger partial charge in [0, 0.05) is 37.9 Å². The molecule has 1 fully saturated rings. The van der Waals surface area contributed by atoms with E-state index in [9.17, 15) is 22.7 Å². The normalized spacial score (nSPS) is 20.4. The zero-order chi connectivity index (χ0) is 19.9. The standard InChI is InChI=1S/C17H16F4N6O/c18-10-6-11(8-22-7-10)24-14-16-23-3-4-27(16)15(26-25-14)12-2-1-9(5-13(12)28)17(19,20)21/h1-5,10-11,22,28H,6-8H2,(H,24,25)/t10-,11-/m1/s1. The number of aromatic hydroxyl groups is 1. The molecule has 11 heteroatoms. The van der Waals surface area contributed by atoms with Crippen LogP contribution >= 0.6 is 0 Å². The molecule has 2 atom stereocenters. The van der Waals surface area contributed by atoms with Gasteiger partial charge in [0.25, 0.3) is 0 Å². The number of nitrogens with one attached hydrogen (secondary N) is 2. The first-order valence-corrected chi connectivity index (χ1v) is 8.54. The second kappa shape index (κ2) is 6.89. The molecule has 0 aliphatic carbocycles. The number of phenols is 1. The van der Waals surface area contributed by atoms with E-state index in [-0.39, 0.29) is 17.4 Å². The van der Waals surface area contributed by atoms with Crippen LogP contribution in [-0.2, 0) is 6.18 Å². The van der Waals surface area contributed by atoms with Crippen LogP contribution in [0.25, 0.3) is 17.0 Å². The molecule has 0 unspecified atom stereocenters. The predicted octanol–water partition coefficient (Wildman–Crippen LogP) is 2.63. The van der Waals surface area contributed by atoms with Crippen molar-refractivity contribution in [3.8, 4) is 17.1 Å². The van der Waals surface area contributed by atoms with E-state index >= 15 is 0 Å². The number of rotatable bonds is 3. The van der Waals surface area contributed by atoms with Crippen LogP contribution < -0.4 is 10.6 Å². The molecule has 0 bridgehead atoms. The van der Waals surface area contributed by atoms with Crippen molar-refractivity contribution < 1.29 is 22.7 Å². The van der Waals surface area contributed by atoms with Crippen LogP contribution in [0.15, 0.2) is 30.6 Å². The average Bonchev–Trinajstić information content (AvgIpc) is 3.12. The third kappa shape index (κ3) is 3.44. The van der Waals surface area contributed by atoms with Crippen LogP contribution in [0.5, 0.6) is 5.75 Å². The van der Waals surface area contributed by atoms with Gasteiger partial charge in [0.05, 0.1) is 11.1 Å². The summed E-state index contributed by atoms with van der Waals surface area (Å²) in [6.45, 7) is 0.852. The summed E-state index contributed by atoms with van der Waals surface area (Å²) in [6, 6.07) is 2.43. The molecule has 2 aromatic heterocycles. The maximum absolute atomic E-state index is 13.6. The summed E-state index contributed by atoms with van der Waals surface area (Å²) in [4.78, 5) is 4.20. The van der Waals surface area contributed by atoms with Gasteiger partial charge in [-0.2, -0.15) is 13.2 Å². The van der Waals surface area contributed by atoms with Crippen LogP contribution in [0.2, 0.25) is 0 Å². The van der Waals surface area contributed by atoms with E-state index in [1.165, 1.54) is 10.6 Å². The molecule has 1 aliphatic heterocycles. The van der Waals surface area contributed by atoms with E-state index in [1.54, 1.807) is 6.20 Å². The van der Waals surface area contributed by atoms with Crippen molar-refractivity contribution in [1.82, 2.24) is 24.9 Å². The van der Waals surface area contributed by atoms with Gasteiger partial charge < -0.3 is 15.7 Å². The summed E-state index contributed by atoms with van der Waals surface area (Å²) in [5.74, 6) is -0.118. The molecule has 0 spiro atoms. The number of fused-ring (bicyclic) bond motifs is 1. The molecule has 3 heterocycles. The maximum Gasteiger partial charge on any atom is 0.416 e. The van der Waals surface area contributed by atoms with Crippen LogP contribution in [0.1, 0.15) is 12.0 Å². The van der Waals surface area contributed by atoms with Gasteiger partial charge in [-0.3, -0.25) is 4.40 Å². The van der Waals surface area contributed by atoms with Crippen molar-refractivity contribution in [3.05, 3.63) is 36.2 Å². The Morgan fingerprint density at radius 2 is 2.04 bits per heavy atom. The molecule has 7 nitrogen and oxygen atoms in total. The topological polar surface area (TPSA) is 87.4 Å². The van der Waals surface area contributed by atoms with Gasteiger partial charge in [0.1, 0.15) is 11.9 Å². The second-order valence-electron chi connectivity index (χ2n) is 6.56. The monoisotopic (exact) mass is 396 g/mol. The van der Waals surface area contributed by atoms with Crippen molar-refractivity contribution in [2.75, 3.05) is 18.4 Å². The Hall–Kier alpha value is -2.95. The van der Waals surface area contributed by atoms with Crippen LogP contribution in [-0.4, -0.2) is 50.0 Å². The number of aromatic nitrogens is 4. The number of phenolic OH excluding ortho intramolecular Hbond substituents is 1. The van der Waals surface area contributed by atoms with E-state index in [4.69, 9.17) is 0 Å². The van der Waals surface area contributed by atoms with Crippen molar-refractivity contribution in [1.29, 1.82) is 0 Å². The molecule has 28 heavy (non-hydrogen) atoms. The smallest absolute Gasteiger partial charge is 0.416 e. The van der Waals surface area contributed by atoms with Crippen LogP contribution in [0, 0.1) is 0 Å². The molecule has 0 saturated carbocycles. The first kappa shape index (κ1) is 18.4. The van der Waals surface area contributed by atoms with Gasteiger partial charge in [0.15, 0.2) is 17.3 Å². The molecule has 4 rings (SSSR count). The Labute approximate surface area is 156 Å². The lowest BCUT2D eigenvalue weighted by molar-refractivity contribution is -0.137. The lowest BCUT2D eigenvalue weighted by Gasteiger charge is -2.26. The number of halogens is 4. The number of hydrogen-bond acceptors (Lipinski definition) is 6. The van der Waals surface area contributed by atoms with Gasteiger partial charge in [-0.15, -0.1) is 10.2 Å². The van der Waals surface area contributed by atoms with Gasteiger partial charge in [-0.1, -0.05) is 0 Å². The van der Waals surface area contributed by atoms with Crippen molar-refractivity contribution in [2.45, 2.75) is 24.8 Å². The minimum Gasteiger partial charge on any atom is -0.507 e. The summed E-state index contributed by atoms with van der Waals surface area (Å²) in [7, 11) is 0. The number of alkyl halides is 4. The van der Waals surface area contributed by atoms with Crippen LogP contribution in [0.3, 0.4) is 0 Å². The summed E-state index contributed by atoms with van der Waals surface area (Å²) < 4.78 is 53.5. The minimum atomic E-state index is -4.57. The molecular formula is C17H16F4N6O. The highest BCUT2D eigenvalue weighted by Gasteiger charge is 2.31. The van der Waals surface area contributed by atoms with Gasteiger partial charge in [-0.25, -0.2) is 9.37 Å². The number of anilines is 1. The number of benzene rings is 1. The zero-order valence-corrected chi connectivity index (χ0v) is 14.4. The van der Waals surface area contributed by atoms with E-state index in [2.05, 4.69) is 25.8 Å². The number of piperidine rings is 1. The lowest BCUT2D eigenvalue weighted by Crippen LogP contribution is -2.44. The third-order valence-electron chi connectivity index (χ3n) is 4.53. The molecule has 1 aromatic carbocycles. The second-order valence-corrected chi connectivity index (χ2v) is 6.56. The Morgan fingerprint density at radius 3 is 2.75 bits per heavy atom. The fourth-order valence-electron chi connectivity index (χ4n) is 3.21. The highest BCUT2D eigenvalue weighted by Crippen LogP contribution is 2.36. The highest BCUT2D eigenvalue weighted by atomic mass is 19.4. The number of hydrogen-bond donors (Lipinski definition) is 3. The Morgan fingerprint density at radius 1 is 1.21 bits per heavy atom. The van der Waals surface area contributed by atoms with E-state index in [1.807, 2.05) is 0 Å². The Kier molecular flexibility index (Phi) is 4.53. The van der Waals surface area contributed by atoms with Gasteiger partial charge >= 0.3 is 6.18 Å². The first-order chi connectivity index (χ1) is 13.3. The van der Waals surface area contributed by atoms with E-state index < -0.39 is 23.7 Å². The fourth-order valence-corrected chi connectivity index (χ4v) is 3.21. The van der Waals surface area contributed by atoms with Gasteiger partial charge in [-0.05, 0) is 18.2 Å². The van der Waals surface area contributed by atoms with Crippen molar-refractivity contribution in [2.24, 2.45) is 0 Å². The number of nitrogens with zero attached hydrogens (tertiary/aromatic N) is 4. The third-order valence-corrected chi connectivity index (χ3v) is 4.53. The molecule has 1 aliphatic rings. The summed E-state index contributed by atoms with van der Waals surface area (Å²) in [6.07, 6.45) is -2.20. The Bertz CT molecular complexity index is 1000. The average molecular weight is 396 g/mol. The largest absolute Gasteiger partial charge is 0.507 e. The van der Waals surface area contributed by atoms with Crippen molar-refractivity contribution in [3.63, 3.8) is 0 Å². The van der Waals surface area contributed by atoms with Crippen LogP contribution in [0.4, 0.5) is 23.4 Å². The first-order valence-electron chi connectivity index (χ1n) is 8.54. The molecule has 0 amide bonds. The molecular weight excluding hydrogens is 380 g/mol. The Balaban J connectivity index is 1.70. The summed E-state index contributed by atoms with van der Waals surface area (Å²) >= 11 is 0. The lowest BCUT2D eigenvalue weighted by atomic mass is 10.1. The molecule has 0 radical (unpaired) electrons. The quantitative estimate of drug-likeness (QED) is 0.590. The van der Waals surface area contributed by atoms with E-state index in [0.29, 0.717) is 37.0 Å². The minimum absolute atomic E-state index is 0.0817. The fraction of sp³-hybridized carbons (Fsp3) is 0.353. The SMILES string of the molecule is Oc1cc(C(F)(F)F)ccc1-c1nnc(N[C@H]2CNC[C@H](F)C2)c2nccn12. The van der Waals surface area contributed by atoms with Crippen molar-refractivity contribution >= 4 is 11.5 Å². The van der Waals surface area contributed by atoms with Gasteiger partial charge in [0.2, 0.25) is 0 Å². The zero-order valence-electron chi connectivity index (χ0n) is 14.4. The molecule has 1 saturated heterocycles. The molecule has 148 valence electrons. The summed E-state index contributed by atoms with van der Waals surface area (Å²) in [5, 5.41) is 24.3. The highest BCUT2D eigenvalue weighted by molar-refractivity contribution is 5.71. The summed E-state index contributed by atoms with van der Waals surface area (Å²) in [5.41, 5.74) is -0.518. The van der Waals surface area contributed by atoms with E-state index in [0.717, 1.165) is 12.1 Å². The predicted molar refractivity (Wildman–Crippen MR) is 92.7 cm³/mol. The number of imidazole rings is 1. The molecule has 3 aromatic rings. The maximum atomic E-state index is 13.6.